The van der Waals surface area contributed by atoms with Crippen molar-refractivity contribution in [3.8, 4) is 0 Å². The number of fused-ring (bicyclic) bond motifs is 1. The molecule has 0 amide bonds. The lowest BCUT2D eigenvalue weighted by Gasteiger charge is -1.97. The number of aromatic nitrogens is 4. The fourth-order valence-electron chi connectivity index (χ4n) is 1.15. The second kappa shape index (κ2) is 3.17. The minimum Gasteiger partial charge on any atom is -0.292 e. The highest BCUT2D eigenvalue weighted by Gasteiger charge is 2.14. The highest BCUT2D eigenvalue weighted by molar-refractivity contribution is 5.95. The minimum absolute atomic E-state index is 0.0114. The molecule has 14 heavy (non-hydrogen) atoms. The summed E-state index contributed by atoms with van der Waals surface area (Å²) in [6, 6.07) is 0. The van der Waals surface area contributed by atoms with Crippen LogP contribution in [0, 0.1) is 5.92 Å². The van der Waals surface area contributed by atoms with E-state index in [-0.39, 0.29) is 11.7 Å². The SMILES string of the molecule is CC(C)C(=O)c1cn2nccnc2n1. The lowest BCUT2D eigenvalue weighted by atomic mass is 10.1. The van der Waals surface area contributed by atoms with Crippen molar-refractivity contribution in [1.82, 2.24) is 19.6 Å². The molecular formula is C9H10N4O. The summed E-state index contributed by atoms with van der Waals surface area (Å²) < 4.78 is 1.50. The van der Waals surface area contributed by atoms with Crippen LogP contribution in [0.5, 0.6) is 0 Å². The van der Waals surface area contributed by atoms with Crippen LogP contribution in [0.2, 0.25) is 0 Å². The first kappa shape index (κ1) is 8.80. The van der Waals surface area contributed by atoms with Crippen molar-refractivity contribution in [1.29, 1.82) is 0 Å². The molecule has 5 heteroatoms. The Kier molecular flexibility index (Phi) is 1.99. The summed E-state index contributed by atoms with van der Waals surface area (Å²) in [7, 11) is 0. The number of carbonyl (C=O) groups excluding carboxylic acids is 1. The standard InChI is InChI=1S/C9H10N4O/c1-6(2)8(14)7-5-13-9(12-7)10-3-4-11-13/h3-6H,1-2H3. The van der Waals surface area contributed by atoms with Crippen molar-refractivity contribution in [2.45, 2.75) is 13.8 Å². The predicted octanol–water partition coefficient (Wildman–Crippen LogP) is 0.963. The average Bonchev–Trinajstić information content (AvgIpc) is 2.59. The van der Waals surface area contributed by atoms with Gasteiger partial charge in [-0.15, -0.1) is 0 Å². The van der Waals surface area contributed by atoms with E-state index in [0.717, 1.165) is 0 Å². The Morgan fingerprint density at radius 1 is 1.43 bits per heavy atom. The summed E-state index contributed by atoms with van der Waals surface area (Å²) in [6.07, 6.45) is 4.70. The monoisotopic (exact) mass is 190 g/mol. The van der Waals surface area contributed by atoms with Crippen molar-refractivity contribution >= 4 is 11.6 Å². The first-order chi connectivity index (χ1) is 6.68. The molecule has 5 nitrogen and oxygen atoms in total. The van der Waals surface area contributed by atoms with Gasteiger partial charge in [0.2, 0.25) is 0 Å². The van der Waals surface area contributed by atoms with Gasteiger partial charge in [-0.05, 0) is 0 Å². The molecule has 0 saturated heterocycles. The molecule has 0 aromatic carbocycles. The van der Waals surface area contributed by atoms with Gasteiger partial charge in [-0.25, -0.2) is 14.5 Å². The van der Waals surface area contributed by atoms with Crippen LogP contribution in [-0.2, 0) is 0 Å². The third-order valence-electron chi connectivity index (χ3n) is 1.89. The minimum atomic E-state index is -0.0556. The number of carbonyl (C=O) groups is 1. The zero-order valence-electron chi connectivity index (χ0n) is 8.01. The van der Waals surface area contributed by atoms with Gasteiger partial charge in [-0.1, -0.05) is 13.8 Å². The lowest BCUT2D eigenvalue weighted by Crippen LogP contribution is -2.07. The second-order valence-corrected chi connectivity index (χ2v) is 3.33. The Morgan fingerprint density at radius 2 is 2.21 bits per heavy atom. The van der Waals surface area contributed by atoms with E-state index in [9.17, 15) is 4.79 Å². The molecule has 72 valence electrons. The maximum Gasteiger partial charge on any atom is 0.251 e. The van der Waals surface area contributed by atoms with Gasteiger partial charge in [-0.2, -0.15) is 5.10 Å². The quantitative estimate of drug-likeness (QED) is 0.662. The molecule has 2 aromatic heterocycles. The summed E-state index contributed by atoms with van der Waals surface area (Å²) in [6.45, 7) is 3.68. The van der Waals surface area contributed by atoms with Gasteiger partial charge in [-0.3, -0.25) is 4.79 Å². The Bertz CT molecular complexity index is 441. The molecule has 0 saturated carbocycles. The van der Waals surface area contributed by atoms with Crippen LogP contribution in [0.25, 0.3) is 5.78 Å². The van der Waals surface area contributed by atoms with Crippen LogP contribution in [0.15, 0.2) is 18.6 Å². The molecule has 0 aliphatic carbocycles. The molecule has 0 spiro atoms. The van der Waals surface area contributed by atoms with Crippen molar-refractivity contribution in [3.63, 3.8) is 0 Å². The van der Waals surface area contributed by atoms with Gasteiger partial charge in [0.05, 0.1) is 18.6 Å². The van der Waals surface area contributed by atoms with E-state index in [0.29, 0.717) is 11.5 Å². The lowest BCUT2D eigenvalue weighted by molar-refractivity contribution is 0.0935. The average molecular weight is 190 g/mol. The Labute approximate surface area is 80.8 Å². The molecule has 0 N–H and O–H groups in total. The Morgan fingerprint density at radius 3 is 2.86 bits per heavy atom. The van der Waals surface area contributed by atoms with E-state index in [1.807, 2.05) is 13.8 Å². The van der Waals surface area contributed by atoms with Crippen LogP contribution in [-0.4, -0.2) is 25.4 Å². The van der Waals surface area contributed by atoms with Gasteiger partial charge in [0.1, 0.15) is 5.69 Å². The maximum absolute atomic E-state index is 11.6. The van der Waals surface area contributed by atoms with Crippen molar-refractivity contribution in [2.24, 2.45) is 5.92 Å². The van der Waals surface area contributed by atoms with Crippen LogP contribution in [0.1, 0.15) is 24.3 Å². The fourth-order valence-corrected chi connectivity index (χ4v) is 1.15. The molecule has 0 bridgehead atoms. The number of hydrogen-bond acceptors (Lipinski definition) is 4. The van der Waals surface area contributed by atoms with E-state index in [4.69, 9.17) is 0 Å². The van der Waals surface area contributed by atoms with Gasteiger partial charge in [0.25, 0.3) is 5.78 Å². The largest absolute Gasteiger partial charge is 0.292 e. The first-order valence-electron chi connectivity index (χ1n) is 4.39. The first-order valence-corrected chi connectivity index (χ1v) is 4.39. The molecule has 2 rings (SSSR count). The summed E-state index contributed by atoms with van der Waals surface area (Å²) in [5.74, 6) is 0.411. The summed E-state index contributed by atoms with van der Waals surface area (Å²) in [5.41, 5.74) is 0.422. The van der Waals surface area contributed by atoms with E-state index < -0.39 is 0 Å². The number of rotatable bonds is 2. The normalized spacial score (nSPS) is 11.1. The van der Waals surface area contributed by atoms with Crippen LogP contribution < -0.4 is 0 Å². The van der Waals surface area contributed by atoms with E-state index in [2.05, 4.69) is 15.1 Å². The molecule has 0 aliphatic heterocycles. The third kappa shape index (κ3) is 1.37. The van der Waals surface area contributed by atoms with E-state index in [1.54, 1.807) is 18.6 Å². The molecular weight excluding hydrogens is 180 g/mol. The van der Waals surface area contributed by atoms with Crippen molar-refractivity contribution in [3.05, 3.63) is 24.3 Å². The third-order valence-corrected chi connectivity index (χ3v) is 1.89. The van der Waals surface area contributed by atoms with Crippen molar-refractivity contribution in [2.75, 3.05) is 0 Å². The highest BCUT2D eigenvalue weighted by Crippen LogP contribution is 2.06. The number of nitrogens with zero attached hydrogens (tertiary/aromatic N) is 4. The second-order valence-electron chi connectivity index (χ2n) is 3.33. The van der Waals surface area contributed by atoms with Crippen LogP contribution in [0.3, 0.4) is 0 Å². The van der Waals surface area contributed by atoms with Crippen LogP contribution in [0.4, 0.5) is 0 Å². The zero-order valence-corrected chi connectivity index (χ0v) is 8.01. The smallest absolute Gasteiger partial charge is 0.251 e. The summed E-state index contributed by atoms with van der Waals surface area (Å²) >= 11 is 0. The molecule has 0 radical (unpaired) electrons. The van der Waals surface area contributed by atoms with Gasteiger partial charge in [0, 0.05) is 5.92 Å². The summed E-state index contributed by atoms with van der Waals surface area (Å²) in [5, 5.41) is 3.98. The molecule has 0 atom stereocenters. The van der Waals surface area contributed by atoms with Crippen molar-refractivity contribution < 1.29 is 4.79 Å². The Hall–Kier alpha value is -1.78. The van der Waals surface area contributed by atoms with Gasteiger partial charge >= 0.3 is 0 Å². The molecule has 2 heterocycles. The van der Waals surface area contributed by atoms with Gasteiger partial charge < -0.3 is 0 Å². The molecule has 0 unspecified atom stereocenters. The predicted molar refractivity (Wildman–Crippen MR) is 50.0 cm³/mol. The molecule has 0 fully saturated rings. The van der Waals surface area contributed by atoms with E-state index in [1.165, 1.54) is 4.52 Å². The van der Waals surface area contributed by atoms with Gasteiger partial charge in [0.15, 0.2) is 5.78 Å². The number of Topliss-reactive ketones (excluding diaryl/α,β-unsaturated/α-hetero) is 1. The highest BCUT2D eigenvalue weighted by atomic mass is 16.1. The number of imidazole rings is 1. The Balaban J connectivity index is 2.50. The zero-order chi connectivity index (χ0) is 10.1. The molecule has 2 aromatic rings. The topological polar surface area (TPSA) is 60.2 Å². The number of ketones is 1. The molecule has 0 aliphatic rings. The van der Waals surface area contributed by atoms with Crippen LogP contribution >= 0.6 is 0 Å². The fraction of sp³-hybridized carbons (Fsp3) is 0.333. The van der Waals surface area contributed by atoms with E-state index >= 15 is 0 Å². The number of hydrogen-bond donors (Lipinski definition) is 0. The maximum atomic E-state index is 11.6. The summed E-state index contributed by atoms with van der Waals surface area (Å²) in [4.78, 5) is 19.6.